The van der Waals surface area contributed by atoms with Gasteiger partial charge >= 0.3 is 5.97 Å². The van der Waals surface area contributed by atoms with Gasteiger partial charge in [0.15, 0.2) is 5.57 Å². The van der Waals surface area contributed by atoms with Gasteiger partial charge in [0.25, 0.3) is 5.91 Å². The summed E-state index contributed by atoms with van der Waals surface area (Å²) in [4.78, 5) is 27.8. The Morgan fingerprint density at radius 1 is 1.13 bits per heavy atom. The lowest BCUT2D eigenvalue weighted by Gasteiger charge is -2.49. The highest BCUT2D eigenvalue weighted by molar-refractivity contribution is 6.37. The number of nitrogens with zero attached hydrogens (tertiary/aromatic N) is 2. The number of anilines is 1. The van der Waals surface area contributed by atoms with Gasteiger partial charge in [0.05, 0.1) is 17.9 Å². The molecule has 0 radical (unpaired) electrons. The van der Waals surface area contributed by atoms with E-state index in [0.717, 1.165) is 11.3 Å². The van der Waals surface area contributed by atoms with Crippen molar-refractivity contribution in [3.63, 3.8) is 0 Å². The summed E-state index contributed by atoms with van der Waals surface area (Å²) in [6.07, 6.45) is 0.709. The maximum absolute atomic E-state index is 13.6. The molecule has 5 heteroatoms. The molecule has 2 aromatic carbocycles. The number of carbonyl (C=O) groups is 2. The molecule has 152 valence electrons. The highest BCUT2D eigenvalue weighted by Crippen LogP contribution is 2.56. The van der Waals surface area contributed by atoms with E-state index in [1.54, 1.807) is 11.8 Å². The third kappa shape index (κ3) is 2.68. The predicted molar refractivity (Wildman–Crippen MR) is 115 cm³/mol. The minimum atomic E-state index is -0.760. The molecular weight excluding hydrogens is 376 g/mol. The molecule has 30 heavy (non-hydrogen) atoms. The summed E-state index contributed by atoms with van der Waals surface area (Å²) in [5, 5.41) is 9.70. The second kappa shape index (κ2) is 6.84. The van der Waals surface area contributed by atoms with Gasteiger partial charge in [-0.05, 0) is 38.3 Å². The Morgan fingerprint density at radius 2 is 1.83 bits per heavy atom. The predicted octanol–water partition coefficient (Wildman–Crippen LogP) is 4.36. The number of ether oxygens (including phenoxy) is 1. The lowest BCUT2D eigenvalue weighted by Crippen LogP contribution is -2.54. The molecule has 0 saturated heterocycles. The second-order valence-corrected chi connectivity index (χ2v) is 8.61. The minimum Gasteiger partial charge on any atom is -0.462 e. The van der Waals surface area contributed by atoms with Crippen molar-refractivity contribution in [1.82, 2.24) is 0 Å². The summed E-state index contributed by atoms with van der Waals surface area (Å²) < 4.78 is 5.06. The van der Waals surface area contributed by atoms with Crippen LogP contribution in [0.2, 0.25) is 0 Å². The van der Waals surface area contributed by atoms with E-state index in [0.29, 0.717) is 12.0 Å². The number of rotatable bonds is 3. The third-order valence-corrected chi connectivity index (χ3v) is 6.18. The van der Waals surface area contributed by atoms with Crippen molar-refractivity contribution in [2.45, 2.75) is 45.1 Å². The van der Waals surface area contributed by atoms with Crippen LogP contribution in [0, 0.1) is 11.3 Å². The molecule has 1 amide bonds. The largest absolute Gasteiger partial charge is 0.462 e. The second-order valence-electron chi connectivity index (χ2n) is 8.61. The van der Waals surface area contributed by atoms with Crippen LogP contribution in [0.3, 0.4) is 0 Å². The van der Waals surface area contributed by atoms with Crippen molar-refractivity contribution in [1.29, 1.82) is 5.26 Å². The van der Waals surface area contributed by atoms with Gasteiger partial charge in [-0.15, -0.1) is 0 Å². The van der Waals surface area contributed by atoms with Crippen molar-refractivity contribution in [2.24, 2.45) is 0 Å². The van der Waals surface area contributed by atoms with E-state index in [9.17, 15) is 14.9 Å². The molecule has 2 heterocycles. The van der Waals surface area contributed by atoms with Gasteiger partial charge in [0.2, 0.25) is 0 Å². The number of hydrogen-bond donors (Lipinski definition) is 0. The molecule has 0 aliphatic carbocycles. The molecular formula is C25H24N2O3. The van der Waals surface area contributed by atoms with Gasteiger partial charge in [-0.3, -0.25) is 4.79 Å². The molecule has 2 aliphatic heterocycles. The Morgan fingerprint density at radius 3 is 2.47 bits per heavy atom. The maximum atomic E-state index is 13.6. The molecule has 0 saturated carbocycles. The van der Waals surface area contributed by atoms with Crippen molar-refractivity contribution in [3.05, 3.63) is 70.8 Å². The molecule has 0 aromatic heterocycles. The third-order valence-electron chi connectivity index (χ3n) is 6.18. The smallest absolute Gasteiger partial charge is 0.349 e. The van der Waals surface area contributed by atoms with E-state index in [-0.39, 0.29) is 29.1 Å². The number of benzene rings is 2. The van der Waals surface area contributed by atoms with Gasteiger partial charge in [0.1, 0.15) is 6.07 Å². The summed E-state index contributed by atoms with van der Waals surface area (Å²) in [6.45, 7) is 8.07. The van der Waals surface area contributed by atoms with Crippen LogP contribution in [0.25, 0.3) is 5.57 Å². The fraction of sp³-hybridized carbons (Fsp3) is 0.320. The van der Waals surface area contributed by atoms with E-state index in [1.165, 1.54) is 5.56 Å². The van der Waals surface area contributed by atoms with Crippen LogP contribution in [0.5, 0.6) is 0 Å². The monoisotopic (exact) mass is 400 g/mol. The van der Waals surface area contributed by atoms with Crippen LogP contribution >= 0.6 is 0 Å². The maximum Gasteiger partial charge on any atom is 0.349 e. The van der Waals surface area contributed by atoms with Crippen LogP contribution in [-0.2, 0) is 19.7 Å². The average molecular weight is 400 g/mol. The van der Waals surface area contributed by atoms with Gasteiger partial charge < -0.3 is 9.64 Å². The number of hydrogen-bond acceptors (Lipinski definition) is 4. The molecule has 2 aromatic rings. The minimum absolute atomic E-state index is 0.137. The quantitative estimate of drug-likeness (QED) is 0.436. The number of carbonyl (C=O) groups excluding carboxylic acids is 2. The van der Waals surface area contributed by atoms with Crippen LogP contribution in [0.15, 0.2) is 54.1 Å². The van der Waals surface area contributed by atoms with Gasteiger partial charge in [0, 0.05) is 16.5 Å². The zero-order valence-electron chi connectivity index (χ0n) is 17.7. The summed E-state index contributed by atoms with van der Waals surface area (Å²) in [7, 11) is 0. The fourth-order valence-electron chi connectivity index (χ4n) is 5.09. The number of esters is 1. The van der Waals surface area contributed by atoms with Crippen molar-refractivity contribution >= 4 is 23.1 Å². The van der Waals surface area contributed by atoms with Crippen LogP contribution < -0.4 is 4.90 Å². The summed E-state index contributed by atoms with van der Waals surface area (Å²) in [5.74, 6) is -1.08. The standard InChI is InChI=1S/C25H24N2O3/c1-5-30-23(29)18(14-26)20-17-12-9-13-19-21(17)27(22(20)28)24(2,3)15-25(19,4)16-10-7-6-8-11-16/h6-13H,5,15H2,1-4H3. The van der Waals surface area contributed by atoms with Gasteiger partial charge in [-0.1, -0.05) is 55.5 Å². The summed E-state index contributed by atoms with van der Waals surface area (Å²) in [5.41, 5.74) is 2.67. The Bertz CT molecular complexity index is 1120. The molecule has 0 bridgehead atoms. The van der Waals surface area contributed by atoms with Crippen molar-refractivity contribution in [3.8, 4) is 6.07 Å². The number of nitriles is 1. The van der Waals surface area contributed by atoms with E-state index in [4.69, 9.17) is 4.74 Å². The zero-order valence-corrected chi connectivity index (χ0v) is 17.7. The molecule has 4 rings (SSSR count). The Hall–Kier alpha value is -3.39. The molecule has 1 atom stereocenters. The van der Waals surface area contributed by atoms with Crippen molar-refractivity contribution < 1.29 is 14.3 Å². The van der Waals surface area contributed by atoms with E-state index < -0.39 is 11.5 Å². The van der Waals surface area contributed by atoms with E-state index >= 15 is 0 Å². The SMILES string of the molecule is CCOC(=O)C(C#N)=C1C(=O)N2c3c1cccc3C(C)(c1ccccc1)CC2(C)C. The fourth-order valence-corrected chi connectivity index (χ4v) is 5.09. The first kappa shape index (κ1) is 19.9. The van der Waals surface area contributed by atoms with Crippen molar-refractivity contribution in [2.75, 3.05) is 11.5 Å². The highest BCUT2D eigenvalue weighted by Gasteiger charge is 2.53. The normalized spacial score (nSPS) is 22.9. The first-order valence-electron chi connectivity index (χ1n) is 10.1. The molecule has 1 unspecified atom stereocenters. The molecule has 2 aliphatic rings. The molecule has 0 N–H and O–H groups in total. The Kier molecular flexibility index (Phi) is 4.54. The van der Waals surface area contributed by atoms with Gasteiger partial charge in [-0.2, -0.15) is 5.26 Å². The van der Waals surface area contributed by atoms with E-state index in [1.807, 2.05) is 56.3 Å². The van der Waals surface area contributed by atoms with Gasteiger partial charge in [-0.25, -0.2) is 4.79 Å². The van der Waals surface area contributed by atoms with Crippen LogP contribution in [0.4, 0.5) is 5.69 Å². The van der Waals surface area contributed by atoms with Crippen LogP contribution in [-0.4, -0.2) is 24.0 Å². The lowest BCUT2D eigenvalue weighted by molar-refractivity contribution is -0.138. The summed E-state index contributed by atoms with van der Waals surface area (Å²) in [6, 6.07) is 17.9. The number of amides is 1. The topological polar surface area (TPSA) is 70.4 Å². The Balaban J connectivity index is 2.04. The molecule has 5 nitrogen and oxygen atoms in total. The molecule has 0 spiro atoms. The lowest BCUT2D eigenvalue weighted by atomic mass is 9.65. The van der Waals surface area contributed by atoms with Crippen LogP contribution in [0.1, 0.15) is 50.8 Å². The molecule has 0 fully saturated rings. The first-order valence-corrected chi connectivity index (χ1v) is 10.1. The first-order chi connectivity index (χ1) is 14.3. The zero-order chi connectivity index (χ0) is 21.7. The average Bonchev–Trinajstić information content (AvgIpc) is 3.01. The highest BCUT2D eigenvalue weighted by atomic mass is 16.5. The Labute approximate surface area is 176 Å². The van der Waals surface area contributed by atoms with E-state index in [2.05, 4.69) is 19.1 Å². The summed E-state index contributed by atoms with van der Waals surface area (Å²) >= 11 is 0. The number of para-hydroxylation sites is 1.